The third kappa shape index (κ3) is 5.06. The summed E-state index contributed by atoms with van der Waals surface area (Å²) in [5.41, 5.74) is 6.99. The number of hydrogen-bond donors (Lipinski definition) is 2. The van der Waals surface area contributed by atoms with E-state index in [0.717, 1.165) is 5.56 Å². The number of benzene rings is 2. The summed E-state index contributed by atoms with van der Waals surface area (Å²) in [5, 5.41) is 2.67. The second-order valence-corrected chi connectivity index (χ2v) is 5.55. The molecule has 0 spiro atoms. The number of primary amides is 1. The fourth-order valence-electron chi connectivity index (χ4n) is 2.53. The number of carbonyl (C=O) groups excluding carboxylic acids is 2. The van der Waals surface area contributed by atoms with Gasteiger partial charge in [-0.15, -0.1) is 0 Å². The van der Waals surface area contributed by atoms with Crippen LogP contribution in [0.4, 0.5) is 0 Å². The fourth-order valence-corrected chi connectivity index (χ4v) is 2.53. The van der Waals surface area contributed by atoms with E-state index < -0.39 is 24.0 Å². The largest absolute Gasteiger partial charge is 0.497 e. The summed E-state index contributed by atoms with van der Waals surface area (Å²) < 4.78 is 10.4. The summed E-state index contributed by atoms with van der Waals surface area (Å²) in [5.74, 6) is -0.356. The highest BCUT2D eigenvalue weighted by atomic mass is 16.5. The van der Waals surface area contributed by atoms with Gasteiger partial charge in [0.15, 0.2) is 6.10 Å². The van der Waals surface area contributed by atoms with E-state index in [1.807, 2.05) is 30.3 Å². The molecule has 132 valence electrons. The van der Waals surface area contributed by atoms with E-state index in [1.165, 1.54) is 7.11 Å². The molecule has 0 saturated carbocycles. The van der Waals surface area contributed by atoms with Crippen molar-refractivity contribution in [3.8, 4) is 5.75 Å². The lowest BCUT2D eigenvalue weighted by Crippen LogP contribution is -2.47. The van der Waals surface area contributed by atoms with Crippen molar-refractivity contribution in [1.82, 2.24) is 5.32 Å². The van der Waals surface area contributed by atoms with E-state index in [9.17, 15) is 9.59 Å². The van der Waals surface area contributed by atoms with Gasteiger partial charge >= 0.3 is 0 Å². The fraction of sp³-hybridized carbons (Fsp3) is 0.263. The van der Waals surface area contributed by atoms with Crippen LogP contribution >= 0.6 is 0 Å². The monoisotopic (exact) mass is 342 g/mol. The summed E-state index contributed by atoms with van der Waals surface area (Å²) in [6.45, 7) is 0. The molecule has 3 N–H and O–H groups in total. The van der Waals surface area contributed by atoms with Gasteiger partial charge in [-0.3, -0.25) is 9.59 Å². The van der Waals surface area contributed by atoms with Crippen molar-refractivity contribution in [3.63, 3.8) is 0 Å². The Kier molecular flexibility index (Phi) is 6.54. The average molecular weight is 342 g/mol. The first-order chi connectivity index (χ1) is 12.0. The van der Waals surface area contributed by atoms with Gasteiger partial charge in [-0.2, -0.15) is 0 Å². The lowest BCUT2D eigenvalue weighted by molar-refractivity contribution is -0.134. The Hall–Kier alpha value is -2.86. The first-order valence-corrected chi connectivity index (χ1v) is 7.85. The van der Waals surface area contributed by atoms with Gasteiger partial charge in [-0.25, -0.2) is 0 Å². The van der Waals surface area contributed by atoms with Gasteiger partial charge in [0.1, 0.15) is 11.8 Å². The maximum Gasteiger partial charge on any atom is 0.254 e. The molecule has 6 heteroatoms. The summed E-state index contributed by atoms with van der Waals surface area (Å²) in [6.07, 6.45) is -0.544. The van der Waals surface area contributed by atoms with Gasteiger partial charge in [-0.1, -0.05) is 42.5 Å². The van der Waals surface area contributed by atoms with Gasteiger partial charge in [0.05, 0.1) is 7.11 Å². The number of carbonyl (C=O) groups is 2. The Morgan fingerprint density at radius 1 is 1.08 bits per heavy atom. The van der Waals surface area contributed by atoms with Crippen molar-refractivity contribution in [2.45, 2.75) is 18.6 Å². The lowest BCUT2D eigenvalue weighted by atomic mass is 10.0. The van der Waals surface area contributed by atoms with E-state index in [4.69, 9.17) is 15.2 Å². The maximum atomic E-state index is 12.5. The Labute approximate surface area is 146 Å². The Balaban J connectivity index is 2.12. The highest BCUT2D eigenvalue weighted by Gasteiger charge is 2.25. The van der Waals surface area contributed by atoms with E-state index >= 15 is 0 Å². The minimum atomic E-state index is -0.846. The van der Waals surface area contributed by atoms with Crippen molar-refractivity contribution in [2.24, 2.45) is 5.73 Å². The molecule has 0 saturated heterocycles. The molecule has 2 rings (SSSR count). The van der Waals surface area contributed by atoms with Crippen LogP contribution in [0.5, 0.6) is 5.75 Å². The zero-order valence-corrected chi connectivity index (χ0v) is 14.3. The van der Waals surface area contributed by atoms with Crippen molar-refractivity contribution in [1.29, 1.82) is 0 Å². The number of amides is 2. The first-order valence-electron chi connectivity index (χ1n) is 7.85. The van der Waals surface area contributed by atoms with Gasteiger partial charge < -0.3 is 20.5 Å². The number of hydrogen-bond acceptors (Lipinski definition) is 4. The SMILES string of the molecule is COc1cccc(C[C@@H](NC(=O)[C@H](OC)c2ccccc2)C(N)=O)c1. The molecule has 0 aliphatic rings. The van der Waals surface area contributed by atoms with Crippen molar-refractivity contribution in [3.05, 3.63) is 65.7 Å². The van der Waals surface area contributed by atoms with Crippen molar-refractivity contribution >= 4 is 11.8 Å². The van der Waals surface area contributed by atoms with Crippen molar-refractivity contribution in [2.75, 3.05) is 14.2 Å². The minimum absolute atomic E-state index is 0.267. The predicted octanol–water partition coefficient (Wildman–Crippen LogP) is 1.60. The van der Waals surface area contributed by atoms with Crippen LogP contribution in [0, 0.1) is 0 Å². The maximum absolute atomic E-state index is 12.5. The molecule has 2 atom stereocenters. The van der Waals surface area contributed by atoms with Crippen LogP contribution in [0.2, 0.25) is 0 Å². The second-order valence-electron chi connectivity index (χ2n) is 5.55. The van der Waals surface area contributed by atoms with Crippen LogP contribution in [0.25, 0.3) is 0 Å². The molecular weight excluding hydrogens is 320 g/mol. The molecule has 2 aromatic rings. The topological polar surface area (TPSA) is 90.7 Å². The number of methoxy groups -OCH3 is 2. The Bertz CT molecular complexity index is 718. The average Bonchev–Trinajstić information content (AvgIpc) is 2.62. The molecule has 2 aromatic carbocycles. The Morgan fingerprint density at radius 3 is 2.40 bits per heavy atom. The van der Waals surface area contributed by atoms with E-state index in [0.29, 0.717) is 11.3 Å². The van der Waals surface area contributed by atoms with Gasteiger partial charge in [-0.05, 0) is 23.3 Å². The van der Waals surface area contributed by atoms with E-state index in [1.54, 1.807) is 31.4 Å². The van der Waals surface area contributed by atoms with Crippen LogP contribution in [0.1, 0.15) is 17.2 Å². The highest BCUT2D eigenvalue weighted by Crippen LogP contribution is 2.18. The summed E-state index contributed by atoms with van der Waals surface area (Å²) >= 11 is 0. The van der Waals surface area contributed by atoms with Crippen LogP contribution in [0.15, 0.2) is 54.6 Å². The molecule has 0 fully saturated rings. The second kappa shape index (κ2) is 8.84. The summed E-state index contributed by atoms with van der Waals surface area (Å²) in [7, 11) is 3.01. The first kappa shape index (κ1) is 18.5. The number of rotatable bonds is 8. The van der Waals surface area contributed by atoms with Crippen LogP contribution in [-0.4, -0.2) is 32.1 Å². The van der Waals surface area contributed by atoms with Crippen LogP contribution < -0.4 is 15.8 Å². The smallest absolute Gasteiger partial charge is 0.254 e. The normalized spacial score (nSPS) is 12.9. The van der Waals surface area contributed by atoms with E-state index in [2.05, 4.69) is 5.32 Å². The third-order valence-corrected chi connectivity index (χ3v) is 3.81. The molecule has 6 nitrogen and oxygen atoms in total. The van der Waals surface area contributed by atoms with Crippen LogP contribution in [0.3, 0.4) is 0 Å². The van der Waals surface area contributed by atoms with E-state index in [-0.39, 0.29) is 6.42 Å². The van der Waals surface area contributed by atoms with Crippen molar-refractivity contribution < 1.29 is 19.1 Å². The molecule has 2 amide bonds. The molecule has 0 heterocycles. The zero-order valence-electron chi connectivity index (χ0n) is 14.3. The third-order valence-electron chi connectivity index (χ3n) is 3.81. The minimum Gasteiger partial charge on any atom is -0.497 e. The molecule has 25 heavy (non-hydrogen) atoms. The lowest BCUT2D eigenvalue weighted by Gasteiger charge is -2.20. The number of ether oxygens (including phenoxy) is 2. The number of nitrogens with two attached hydrogens (primary N) is 1. The quantitative estimate of drug-likeness (QED) is 0.762. The molecule has 0 aromatic heterocycles. The molecule has 0 unspecified atom stereocenters. The predicted molar refractivity (Wildman–Crippen MR) is 94.0 cm³/mol. The zero-order chi connectivity index (χ0) is 18.2. The molecule has 0 radical (unpaired) electrons. The van der Waals surface area contributed by atoms with Gasteiger partial charge in [0.2, 0.25) is 5.91 Å². The molecular formula is C19H22N2O4. The molecule has 0 aliphatic heterocycles. The Morgan fingerprint density at radius 2 is 1.80 bits per heavy atom. The standard InChI is InChI=1S/C19H22N2O4/c1-24-15-10-6-7-13(11-15)12-16(18(20)22)21-19(23)17(25-2)14-8-4-3-5-9-14/h3-11,16-17H,12H2,1-2H3,(H2,20,22)(H,21,23)/t16-,17-/m1/s1. The van der Waals surface area contributed by atoms with Gasteiger partial charge in [0.25, 0.3) is 5.91 Å². The summed E-state index contributed by atoms with van der Waals surface area (Å²) in [4.78, 5) is 24.3. The van der Waals surface area contributed by atoms with Crippen LogP contribution in [-0.2, 0) is 20.7 Å². The molecule has 0 aliphatic carbocycles. The van der Waals surface area contributed by atoms with Gasteiger partial charge in [0, 0.05) is 13.5 Å². The molecule has 0 bridgehead atoms. The summed E-state index contributed by atoms with van der Waals surface area (Å²) in [6, 6.07) is 15.5. The highest BCUT2D eigenvalue weighted by molar-refractivity contribution is 5.89. The number of nitrogens with one attached hydrogen (secondary N) is 1.